The fourth-order valence-corrected chi connectivity index (χ4v) is 3.78. The molecule has 1 unspecified atom stereocenters. The van der Waals surface area contributed by atoms with Crippen molar-refractivity contribution in [2.24, 2.45) is 11.3 Å². The third-order valence-electron chi connectivity index (χ3n) is 4.91. The van der Waals surface area contributed by atoms with Crippen molar-refractivity contribution in [3.8, 4) is 0 Å². The van der Waals surface area contributed by atoms with Gasteiger partial charge in [-0.3, -0.25) is 4.90 Å². The number of aryl methyl sites for hydroxylation is 1. The Kier molecular flexibility index (Phi) is 4.28. The summed E-state index contributed by atoms with van der Waals surface area (Å²) in [6, 6.07) is 7.79. The fraction of sp³-hybridized carbons (Fsp3) is 0.556. The number of hydrogen-bond acceptors (Lipinski definition) is 3. The van der Waals surface area contributed by atoms with Gasteiger partial charge in [0.05, 0.1) is 18.0 Å². The molecule has 2 heterocycles. The smallest absolute Gasteiger partial charge is 0.295 e. The van der Waals surface area contributed by atoms with Gasteiger partial charge in [0.1, 0.15) is 5.82 Å². The number of piperidine rings is 1. The highest BCUT2D eigenvalue weighted by Gasteiger charge is 2.51. The number of benzene rings is 1. The molecule has 0 N–H and O–H groups in total. The molecule has 3 nitrogen and oxygen atoms in total. The summed E-state index contributed by atoms with van der Waals surface area (Å²) in [5, 5.41) is 1.01. The molecule has 2 aromatic rings. The number of likely N-dealkylation sites (tertiary alicyclic amines) is 1. The van der Waals surface area contributed by atoms with E-state index in [1.165, 1.54) is 0 Å². The second-order valence-electron chi connectivity index (χ2n) is 7.32. The van der Waals surface area contributed by atoms with E-state index in [-0.39, 0.29) is 6.42 Å². The van der Waals surface area contributed by atoms with Gasteiger partial charge in [-0.2, -0.15) is 13.2 Å². The van der Waals surface area contributed by atoms with Crippen molar-refractivity contribution in [2.75, 3.05) is 13.1 Å². The number of hydrogen-bond donors (Lipinski definition) is 0. The number of fused-ring (bicyclic) bond motifs is 1. The topological polar surface area (TPSA) is 29.0 Å². The molecule has 6 heteroatoms. The molecule has 3 rings (SSSR count). The number of aromatic nitrogens is 2. The van der Waals surface area contributed by atoms with Gasteiger partial charge < -0.3 is 0 Å². The molecule has 130 valence electrons. The monoisotopic (exact) mass is 337 g/mol. The summed E-state index contributed by atoms with van der Waals surface area (Å²) in [5.74, 6) is -0.576. The highest BCUT2D eigenvalue weighted by Crippen LogP contribution is 2.45. The molecule has 1 saturated heterocycles. The van der Waals surface area contributed by atoms with Crippen LogP contribution in [0.5, 0.6) is 0 Å². The first-order valence-corrected chi connectivity index (χ1v) is 8.18. The first kappa shape index (κ1) is 17.1. The molecule has 1 fully saturated rings. The van der Waals surface area contributed by atoms with Gasteiger partial charge in [0, 0.05) is 17.6 Å². The summed E-state index contributed by atoms with van der Waals surface area (Å²) in [6.07, 6.45) is -4.01. The van der Waals surface area contributed by atoms with Crippen molar-refractivity contribution in [3.63, 3.8) is 0 Å². The highest BCUT2D eigenvalue weighted by molar-refractivity contribution is 5.80. The van der Waals surface area contributed by atoms with E-state index in [1.807, 2.05) is 36.1 Å². The molecule has 0 radical (unpaired) electrons. The average molecular weight is 337 g/mol. The van der Waals surface area contributed by atoms with Crippen LogP contribution in [0.2, 0.25) is 0 Å². The van der Waals surface area contributed by atoms with Crippen LogP contribution in [-0.2, 0) is 6.54 Å². The van der Waals surface area contributed by atoms with Crippen LogP contribution >= 0.6 is 0 Å². The SMILES string of the molecule is Cc1nc(CN2CCC(C(F)(F)F)C(C)(C)C2)nc2ccccc12. The van der Waals surface area contributed by atoms with Crippen molar-refractivity contribution in [2.45, 2.75) is 39.9 Å². The lowest BCUT2D eigenvalue weighted by Crippen LogP contribution is -2.50. The van der Waals surface area contributed by atoms with Crippen molar-refractivity contribution in [1.29, 1.82) is 0 Å². The summed E-state index contributed by atoms with van der Waals surface area (Å²) in [7, 11) is 0. The van der Waals surface area contributed by atoms with Crippen molar-refractivity contribution < 1.29 is 13.2 Å². The maximum absolute atomic E-state index is 13.2. The van der Waals surface area contributed by atoms with Gasteiger partial charge in [-0.25, -0.2) is 9.97 Å². The van der Waals surface area contributed by atoms with E-state index in [1.54, 1.807) is 13.8 Å². The Labute approximate surface area is 139 Å². The zero-order valence-electron chi connectivity index (χ0n) is 14.2. The van der Waals surface area contributed by atoms with Crippen LogP contribution < -0.4 is 0 Å². The van der Waals surface area contributed by atoms with E-state index in [2.05, 4.69) is 9.97 Å². The van der Waals surface area contributed by atoms with Gasteiger partial charge in [-0.1, -0.05) is 32.0 Å². The molecule has 1 aliphatic heterocycles. The van der Waals surface area contributed by atoms with E-state index < -0.39 is 17.5 Å². The van der Waals surface area contributed by atoms with Gasteiger partial charge >= 0.3 is 6.18 Å². The Bertz CT molecular complexity index is 740. The van der Waals surface area contributed by atoms with E-state index in [9.17, 15) is 13.2 Å². The van der Waals surface area contributed by atoms with Crippen LogP contribution in [0.15, 0.2) is 24.3 Å². The lowest BCUT2D eigenvalue weighted by Gasteiger charge is -2.44. The van der Waals surface area contributed by atoms with Crippen molar-refractivity contribution >= 4 is 10.9 Å². The summed E-state index contributed by atoms with van der Waals surface area (Å²) in [5.41, 5.74) is 0.979. The lowest BCUT2D eigenvalue weighted by molar-refractivity contribution is -0.217. The minimum absolute atomic E-state index is 0.128. The number of halogens is 3. The largest absolute Gasteiger partial charge is 0.392 e. The first-order valence-electron chi connectivity index (χ1n) is 8.18. The summed E-state index contributed by atoms with van der Waals surface area (Å²) in [6.45, 7) is 6.63. The van der Waals surface area contributed by atoms with Crippen molar-refractivity contribution in [3.05, 3.63) is 35.8 Å². The Morgan fingerprint density at radius 1 is 1.21 bits per heavy atom. The maximum atomic E-state index is 13.2. The predicted molar refractivity (Wildman–Crippen MR) is 87.5 cm³/mol. The Morgan fingerprint density at radius 3 is 2.58 bits per heavy atom. The molecule has 0 spiro atoms. The fourth-order valence-electron chi connectivity index (χ4n) is 3.78. The quantitative estimate of drug-likeness (QED) is 0.816. The second kappa shape index (κ2) is 5.99. The minimum atomic E-state index is -4.13. The second-order valence-corrected chi connectivity index (χ2v) is 7.32. The zero-order valence-corrected chi connectivity index (χ0v) is 14.2. The Morgan fingerprint density at radius 2 is 1.92 bits per heavy atom. The highest BCUT2D eigenvalue weighted by atomic mass is 19.4. The van der Waals surface area contributed by atoms with Crippen LogP contribution in [0.1, 0.15) is 31.8 Å². The van der Waals surface area contributed by atoms with Gasteiger partial charge in [0.15, 0.2) is 0 Å². The molecule has 24 heavy (non-hydrogen) atoms. The summed E-state index contributed by atoms with van der Waals surface area (Å²) >= 11 is 0. The molecule has 0 saturated carbocycles. The van der Waals surface area contributed by atoms with Crippen LogP contribution in [0, 0.1) is 18.3 Å². The van der Waals surface area contributed by atoms with Crippen LogP contribution in [0.25, 0.3) is 10.9 Å². The normalized spacial score (nSPS) is 22.0. The van der Waals surface area contributed by atoms with Gasteiger partial charge in [-0.15, -0.1) is 0 Å². The maximum Gasteiger partial charge on any atom is 0.392 e. The number of para-hydroxylation sites is 1. The zero-order chi connectivity index (χ0) is 17.5. The molecule has 0 amide bonds. The molecular formula is C18H22F3N3. The molecule has 1 atom stereocenters. The van der Waals surface area contributed by atoms with Crippen LogP contribution in [0.4, 0.5) is 13.2 Å². The predicted octanol–water partition coefficient (Wildman–Crippen LogP) is 4.35. The number of alkyl halides is 3. The van der Waals surface area contributed by atoms with E-state index in [0.717, 1.165) is 16.6 Å². The molecule has 0 bridgehead atoms. The Hall–Kier alpha value is -1.69. The lowest BCUT2D eigenvalue weighted by atomic mass is 9.73. The van der Waals surface area contributed by atoms with E-state index >= 15 is 0 Å². The van der Waals surface area contributed by atoms with Gasteiger partial charge in [-0.05, 0) is 31.4 Å². The third-order valence-corrected chi connectivity index (χ3v) is 4.91. The standard InChI is InChI=1S/C18H22F3N3/c1-12-13-6-4-5-7-14(13)23-16(22-12)10-24-9-8-15(18(19,20)21)17(2,3)11-24/h4-7,15H,8-11H2,1-3H3. The third kappa shape index (κ3) is 3.38. The Balaban J connectivity index is 1.78. The number of nitrogens with zero attached hydrogens (tertiary/aromatic N) is 3. The van der Waals surface area contributed by atoms with Crippen LogP contribution in [-0.4, -0.2) is 34.1 Å². The molecule has 0 aliphatic carbocycles. The molecule has 1 aliphatic rings. The summed E-state index contributed by atoms with van der Waals surface area (Å²) < 4.78 is 39.5. The molecular weight excluding hydrogens is 315 g/mol. The van der Waals surface area contributed by atoms with E-state index in [4.69, 9.17) is 0 Å². The number of rotatable bonds is 2. The molecule has 1 aromatic heterocycles. The summed E-state index contributed by atoms with van der Waals surface area (Å²) in [4.78, 5) is 11.1. The van der Waals surface area contributed by atoms with E-state index in [0.29, 0.717) is 25.5 Å². The average Bonchev–Trinajstić information content (AvgIpc) is 2.45. The minimum Gasteiger partial charge on any atom is -0.295 e. The first-order chi connectivity index (χ1) is 11.2. The van der Waals surface area contributed by atoms with Crippen molar-refractivity contribution in [1.82, 2.24) is 14.9 Å². The van der Waals surface area contributed by atoms with Crippen LogP contribution in [0.3, 0.4) is 0 Å². The van der Waals surface area contributed by atoms with Gasteiger partial charge in [0.2, 0.25) is 0 Å². The van der Waals surface area contributed by atoms with Gasteiger partial charge in [0.25, 0.3) is 0 Å². The molecule has 1 aromatic carbocycles.